The summed E-state index contributed by atoms with van der Waals surface area (Å²) in [7, 11) is 0. The summed E-state index contributed by atoms with van der Waals surface area (Å²) in [6.07, 6.45) is 0. The fourth-order valence-electron chi connectivity index (χ4n) is 3.53. The number of thiophene rings is 1. The molecule has 4 aromatic rings. The number of para-hydroxylation sites is 1. The Morgan fingerprint density at radius 3 is 2.65 bits per heavy atom. The van der Waals surface area contributed by atoms with E-state index in [4.69, 9.17) is 9.47 Å². The zero-order valence-corrected chi connectivity index (χ0v) is 17.3. The second-order valence-corrected chi connectivity index (χ2v) is 8.27. The maximum atomic E-state index is 13.3. The number of amides is 1. The van der Waals surface area contributed by atoms with E-state index < -0.39 is 17.2 Å². The molecule has 2 aromatic carbocycles. The lowest BCUT2D eigenvalue weighted by Gasteiger charge is -2.12. The van der Waals surface area contributed by atoms with E-state index in [2.05, 4.69) is 5.32 Å². The van der Waals surface area contributed by atoms with Crippen molar-refractivity contribution < 1.29 is 14.3 Å². The lowest BCUT2D eigenvalue weighted by atomic mass is 10.2. The zero-order valence-electron chi connectivity index (χ0n) is 16.5. The molecule has 1 amide bonds. The minimum absolute atomic E-state index is 0.138. The molecule has 0 radical (unpaired) electrons. The lowest BCUT2D eigenvalue weighted by molar-refractivity contribution is -0.116. The van der Waals surface area contributed by atoms with Gasteiger partial charge in [0, 0.05) is 16.6 Å². The van der Waals surface area contributed by atoms with E-state index in [1.807, 2.05) is 6.92 Å². The van der Waals surface area contributed by atoms with Crippen LogP contribution in [0.3, 0.4) is 0 Å². The van der Waals surface area contributed by atoms with Crippen molar-refractivity contribution in [1.29, 1.82) is 0 Å². The van der Waals surface area contributed by atoms with Gasteiger partial charge in [0.05, 0.1) is 11.1 Å². The summed E-state index contributed by atoms with van der Waals surface area (Å²) >= 11 is 1.31. The Morgan fingerprint density at radius 1 is 1.06 bits per heavy atom. The molecule has 0 fully saturated rings. The van der Waals surface area contributed by atoms with Gasteiger partial charge in [0.25, 0.3) is 5.56 Å². The molecule has 1 aliphatic rings. The topological polar surface area (TPSA) is 91.6 Å². The first-order valence-corrected chi connectivity index (χ1v) is 10.3. The number of carbonyl (C=O) groups excluding carboxylic acids is 1. The van der Waals surface area contributed by atoms with Crippen molar-refractivity contribution in [3.05, 3.63) is 80.3 Å². The first kappa shape index (κ1) is 19.1. The summed E-state index contributed by atoms with van der Waals surface area (Å²) in [4.78, 5) is 40.4. The molecular weight excluding hydrogens is 418 g/mol. The molecule has 0 unspecified atom stereocenters. The van der Waals surface area contributed by atoms with Crippen molar-refractivity contribution in [1.82, 2.24) is 9.13 Å². The van der Waals surface area contributed by atoms with Crippen LogP contribution in [0.2, 0.25) is 0 Å². The van der Waals surface area contributed by atoms with Crippen molar-refractivity contribution in [2.75, 3.05) is 12.1 Å². The van der Waals surface area contributed by atoms with Gasteiger partial charge < -0.3 is 14.8 Å². The summed E-state index contributed by atoms with van der Waals surface area (Å²) in [5, 5.41) is 3.18. The van der Waals surface area contributed by atoms with Crippen LogP contribution in [-0.2, 0) is 11.3 Å². The van der Waals surface area contributed by atoms with Crippen molar-refractivity contribution in [3.63, 3.8) is 0 Å². The number of hydrogen-bond acceptors (Lipinski definition) is 6. The number of fused-ring (bicyclic) bond motifs is 2. The Morgan fingerprint density at radius 2 is 1.84 bits per heavy atom. The van der Waals surface area contributed by atoms with Crippen molar-refractivity contribution in [2.24, 2.45) is 0 Å². The molecule has 0 bridgehead atoms. The molecular formula is C22H17N3O5S. The number of anilines is 1. The van der Waals surface area contributed by atoms with Gasteiger partial charge in [-0.25, -0.2) is 9.36 Å². The molecule has 31 heavy (non-hydrogen) atoms. The molecule has 1 aliphatic heterocycles. The third kappa shape index (κ3) is 3.38. The molecule has 0 aliphatic carbocycles. The highest BCUT2D eigenvalue weighted by molar-refractivity contribution is 7.18. The predicted molar refractivity (Wildman–Crippen MR) is 118 cm³/mol. The average Bonchev–Trinajstić information content (AvgIpc) is 3.38. The summed E-state index contributed by atoms with van der Waals surface area (Å²) < 4.78 is 13.0. The Balaban J connectivity index is 1.55. The van der Waals surface area contributed by atoms with Crippen LogP contribution in [0.1, 0.15) is 4.88 Å². The maximum Gasteiger partial charge on any atom is 0.337 e. The second-order valence-electron chi connectivity index (χ2n) is 7.04. The Bertz CT molecular complexity index is 1440. The van der Waals surface area contributed by atoms with Gasteiger partial charge in [0.2, 0.25) is 12.7 Å². The highest BCUT2D eigenvalue weighted by atomic mass is 32.1. The van der Waals surface area contributed by atoms with E-state index in [0.29, 0.717) is 33.1 Å². The molecule has 0 atom stereocenters. The number of aromatic nitrogens is 2. The third-order valence-electron chi connectivity index (χ3n) is 4.91. The van der Waals surface area contributed by atoms with Crippen molar-refractivity contribution in [2.45, 2.75) is 13.5 Å². The number of hydrogen-bond donors (Lipinski definition) is 1. The zero-order chi connectivity index (χ0) is 21.5. The van der Waals surface area contributed by atoms with Gasteiger partial charge in [0.1, 0.15) is 11.4 Å². The fraction of sp³-hybridized carbons (Fsp3) is 0.136. The normalized spacial score (nSPS) is 12.3. The van der Waals surface area contributed by atoms with Crippen molar-refractivity contribution >= 4 is 33.1 Å². The highest BCUT2D eigenvalue weighted by Gasteiger charge is 2.19. The van der Waals surface area contributed by atoms with E-state index in [9.17, 15) is 14.4 Å². The fourth-order valence-corrected chi connectivity index (χ4v) is 4.52. The standard InChI is InChI=1S/C22H17N3O5S/c1-13-9-16-20(27)25(15-5-3-2-4-6-15)22(28)24(21(16)31-13)11-19(26)23-14-7-8-17-18(10-14)30-12-29-17/h2-10H,11-12H2,1H3,(H,23,26). The van der Waals surface area contributed by atoms with E-state index in [-0.39, 0.29) is 13.3 Å². The predicted octanol–water partition coefficient (Wildman–Crippen LogP) is 2.89. The lowest BCUT2D eigenvalue weighted by Crippen LogP contribution is -2.40. The van der Waals surface area contributed by atoms with Crippen LogP contribution in [0.25, 0.3) is 15.9 Å². The van der Waals surface area contributed by atoms with Gasteiger partial charge in [-0.3, -0.25) is 14.2 Å². The van der Waals surface area contributed by atoms with Crippen LogP contribution in [-0.4, -0.2) is 21.8 Å². The molecule has 1 N–H and O–H groups in total. The maximum absolute atomic E-state index is 13.3. The summed E-state index contributed by atoms with van der Waals surface area (Å²) in [5.41, 5.74) is 0.0137. The molecule has 8 nitrogen and oxygen atoms in total. The van der Waals surface area contributed by atoms with Gasteiger partial charge in [-0.1, -0.05) is 18.2 Å². The SMILES string of the molecule is Cc1cc2c(=O)n(-c3ccccc3)c(=O)n(CC(=O)Nc3ccc4c(c3)OCO4)c2s1. The van der Waals surface area contributed by atoms with E-state index in [1.165, 1.54) is 15.9 Å². The third-order valence-corrected chi connectivity index (χ3v) is 5.98. The molecule has 0 saturated carbocycles. The van der Waals surface area contributed by atoms with Crippen LogP contribution >= 0.6 is 11.3 Å². The van der Waals surface area contributed by atoms with E-state index >= 15 is 0 Å². The van der Waals surface area contributed by atoms with E-state index in [1.54, 1.807) is 54.6 Å². The highest BCUT2D eigenvalue weighted by Crippen LogP contribution is 2.34. The number of ether oxygens (including phenoxy) is 2. The summed E-state index contributed by atoms with van der Waals surface area (Å²) in [6, 6.07) is 15.5. The molecule has 0 spiro atoms. The first-order chi connectivity index (χ1) is 15.0. The summed E-state index contributed by atoms with van der Waals surface area (Å²) in [5.74, 6) is 0.760. The van der Waals surface area contributed by atoms with Gasteiger partial charge in [0.15, 0.2) is 11.5 Å². The number of nitrogens with zero attached hydrogens (tertiary/aromatic N) is 2. The first-order valence-electron chi connectivity index (χ1n) is 9.52. The molecule has 0 saturated heterocycles. The summed E-state index contributed by atoms with van der Waals surface area (Å²) in [6.45, 7) is 1.76. The Kier molecular flexibility index (Phi) is 4.59. The van der Waals surface area contributed by atoms with E-state index in [0.717, 1.165) is 9.44 Å². The minimum Gasteiger partial charge on any atom is -0.454 e. The average molecular weight is 435 g/mol. The number of benzene rings is 2. The number of aryl methyl sites for hydroxylation is 1. The van der Waals surface area contributed by atoms with Crippen LogP contribution in [0.5, 0.6) is 11.5 Å². The molecule has 9 heteroatoms. The Labute approximate surface area is 179 Å². The second kappa shape index (κ2) is 7.44. The van der Waals surface area contributed by atoms with Crippen LogP contribution in [0.4, 0.5) is 5.69 Å². The Hall–Kier alpha value is -3.85. The quantitative estimate of drug-likeness (QED) is 0.532. The molecule has 2 aromatic heterocycles. The monoisotopic (exact) mass is 435 g/mol. The molecule has 5 rings (SSSR count). The van der Waals surface area contributed by atoms with Crippen LogP contribution < -0.4 is 26.0 Å². The van der Waals surface area contributed by atoms with Crippen LogP contribution in [0.15, 0.2) is 64.2 Å². The van der Waals surface area contributed by atoms with Gasteiger partial charge in [-0.15, -0.1) is 11.3 Å². The van der Waals surface area contributed by atoms with Gasteiger partial charge in [-0.05, 0) is 37.3 Å². The van der Waals surface area contributed by atoms with Gasteiger partial charge in [-0.2, -0.15) is 0 Å². The number of nitrogens with one attached hydrogen (secondary N) is 1. The molecule has 3 heterocycles. The minimum atomic E-state index is -0.564. The van der Waals surface area contributed by atoms with Crippen LogP contribution in [0, 0.1) is 6.92 Å². The molecule has 156 valence electrons. The number of rotatable bonds is 4. The van der Waals surface area contributed by atoms with Crippen molar-refractivity contribution in [3.8, 4) is 17.2 Å². The van der Waals surface area contributed by atoms with Gasteiger partial charge >= 0.3 is 5.69 Å². The smallest absolute Gasteiger partial charge is 0.337 e. The largest absolute Gasteiger partial charge is 0.454 e. The number of carbonyl (C=O) groups is 1.